The summed E-state index contributed by atoms with van der Waals surface area (Å²) >= 11 is 3.17. The summed E-state index contributed by atoms with van der Waals surface area (Å²) in [6.07, 6.45) is 2.08. The average Bonchev–Trinajstić information content (AvgIpc) is 3.10. The molecule has 1 aliphatic heterocycles. The Hall–Kier alpha value is -1.53. The molecule has 0 bridgehead atoms. The molecule has 2 aromatic rings. The highest BCUT2D eigenvalue weighted by molar-refractivity contribution is 8.00. The number of hydrogen-bond donors (Lipinski definition) is 2. The molecule has 0 radical (unpaired) electrons. The smallest absolute Gasteiger partial charge is 0.239 e. The first-order valence-electron chi connectivity index (χ1n) is 6.46. The van der Waals surface area contributed by atoms with Crippen molar-refractivity contribution in [1.29, 1.82) is 0 Å². The van der Waals surface area contributed by atoms with Crippen molar-refractivity contribution in [2.24, 2.45) is 0 Å². The molecule has 1 amide bonds. The summed E-state index contributed by atoms with van der Waals surface area (Å²) in [5.41, 5.74) is 8.29. The number of nitrogens with zero attached hydrogens (tertiary/aromatic N) is 1. The molecule has 1 aliphatic rings. The van der Waals surface area contributed by atoms with Gasteiger partial charge < -0.3 is 11.1 Å². The van der Waals surface area contributed by atoms with Gasteiger partial charge in [-0.05, 0) is 30.7 Å². The van der Waals surface area contributed by atoms with E-state index in [0.717, 1.165) is 29.9 Å². The van der Waals surface area contributed by atoms with Crippen LogP contribution in [0.2, 0.25) is 0 Å². The van der Waals surface area contributed by atoms with Gasteiger partial charge in [0.1, 0.15) is 0 Å². The fraction of sp³-hybridized carbons (Fsp3) is 0.286. The van der Waals surface area contributed by atoms with Crippen molar-refractivity contribution < 1.29 is 4.79 Å². The van der Waals surface area contributed by atoms with Crippen LogP contribution in [0.15, 0.2) is 29.6 Å². The van der Waals surface area contributed by atoms with Crippen LogP contribution in [-0.4, -0.2) is 21.9 Å². The SMILES string of the molecule is Nc1cccc(-c2csc(NC(=O)C3CCCS3)n2)c1. The zero-order valence-electron chi connectivity index (χ0n) is 10.8. The van der Waals surface area contributed by atoms with Gasteiger partial charge >= 0.3 is 0 Å². The van der Waals surface area contributed by atoms with Gasteiger partial charge in [0.15, 0.2) is 5.13 Å². The first-order chi connectivity index (χ1) is 9.72. The number of rotatable bonds is 3. The number of benzene rings is 1. The molecule has 104 valence electrons. The van der Waals surface area contributed by atoms with Crippen molar-refractivity contribution in [2.75, 3.05) is 16.8 Å². The van der Waals surface area contributed by atoms with E-state index in [-0.39, 0.29) is 11.2 Å². The molecule has 1 aromatic heterocycles. The van der Waals surface area contributed by atoms with E-state index in [1.165, 1.54) is 11.3 Å². The number of nitrogens with two attached hydrogens (primary N) is 1. The number of amides is 1. The van der Waals surface area contributed by atoms with Crippen molar-refractivity contribution in [3.63, 3.8) is 0 Å². The fourth-order valence-corrected chi connectivity index (χ4v) is 4.02. The number of anilines is 2. The molecule has 3 N–H and O–H groups in total. The second-order valence-corrected chi connectivity index (χ2v) is 6.82. The summed E-state index contributed by atoms with van der Waals surface area (Å²) in [4.78, 5) is 16.5. The summed E-state index contributed by atoms with van der Waals surface area (Å²) < 4.78 is 0. The lowest BCUT2D eigenvalue weighted by atomic mass is 10.1. The van der Waals surface area contributed by atoms with Crippen molar-refractivity contribution in [1.82, 2.24) is 4.98 Å². The summed E-state index contributed by atoms with van der Waals surface area (Å²) in [5.74, 6) is 1.14. The Balaban J connectivity index is 1.72. The summed E-state index contributed by atoms with van der Waals surface area (Å²) in [7, 11) is 0. The highest BCUT2D eigenvalue weighted by Gasteiger charge is 2.24. The van der Waals surface area contributed by atoms with E-state index in [1.807, 2.05) is 29.6 Å². The molecule has 3 rings (SSSR count). The van der Waals surface area contributed by atoms with Crippen LogP contribution >= 0.6 is 23.1 Å². The van der Waals surface area contributed by atoms with E-state index in [2.05, 4.69) is 10.3 Å². The molecule has 1 aromatic carbocycles. The van der Waals surface area contributed by atoms with Crippen LogP contribution in [0.3, 0.4) is 0 Å². The number of hydrogen-bond acceptors (Lipinski definition) is 5. The fourth-order valence-electron chi connectivity index (χ4n) is 2.13. The van der Waals surface area contributed by atoms with Gasteiger partial charge in [0, 0.05) is 16.6 Å². The molecule has 20 heavy (non-hydrogen) atoms. The Labute approximate surface area is 125 Å². The molecule has 1 fully saturated rings. The van der Waals surface area contributed by atoms with Crippen LogP contribution in [0.4, 0.5) is 10.8 Å². The van der Waals surface area contributed by atoms with Gasteiger partial charge in [-0.3, -0.25) is 4.79 Å². The van der Waals surface area contributed by atoms with Gasteiger partial charge in [-0.1, -0.05) is 12.1 Å². The summed E-state index contributed by atoms with van der Waals surface area (Å²) in [5, 5.41) is 5.57. The number of nitrogens with one attached hydrogen (secondary N) is 1. The first kappa shape index (κ1) is 13.5. The van der Waals surface area contributed by atoms with Gasteiger partial charge in [0.05, 0.1) is 10.9 Å². The van der Waals surface area contributed by atoms with E-state index in [0.29, 0.717) is 10.8 Å². The molecule has 0 aliphatic carbocycles. The topological polar surface area (TPSA) is 68.0 Å². The molecular weight excluding hydrogens is 290 g/mol. The molecule has 1 unspecified atom stereocenters. The van der Waals surface area contributed by atoms with Crippen molar-refractivity contribution in [3.05, 3.63) is 29.6 Å². The van der Waals surface area contributed by atoms with E-state index < -0.39 is 0 Å². The molecule has 1 atom stereocenters. The molecule has 1 saturated heterocycles. The number of carbonyl (C=O) groups excluding carboxylic acids is 1. The Morgan fingerprint density at radius 1 is 1.45 bits per heavy atom. The van der Waals surface area contributed by atoms with Crippen LogP contribution in [0.1, 0.15) is 12.8 Å². The van der Waals surface area contributed by atoms with E-state index in [1.54, 1.807) is 11.8 Å². The zero-order chi connectivity index (χ0) is 13.9. The maximum Gasteiger partial charge on any atom is 0.239 e. The quantitative estimate of drug-likeness (QED) is 0.854. The van der Waals surface area contributed by atoms with E-state index >= 15 is 0 Å². The Morgan fingerprint density at radius 2 is 2.35 bits per heavy atom. The number of aromatic nitrogens is 1. The van der Waals surface area contributed by atoms with Crippen molar-refractivity contribution in [3.8, 4) is 11.3 Å². The molecule has 2 heterocycles. The van der Waals surface area contributed by atoms with Gasteiger partial charge in [-0.2, -0.15) is 0 Å². The molecule has 0 spiro atoms. The van der Waals surface area contributed by atoms with Gasteiger partial charge in [-0.15, -0.1) is 23.1 Å². The van der Waals surface area contributed by atoms with Crippen LogP contribution < -0.4 is 11.1 Å². The summed E-state index contributed by atoms with van der Waals surface area (Å²) in [6, 6.07) is 7.59. The number of thioether (sulfide) groups is 1. The largest absolute Gasteiger partial charge is 0.399 e. The molecule has 4 nitrogen and oxygen atoms in total. The molecular formula is C14H15N3OS2. The summed E-state index contributed by atoms with van der Waals surface area (Å²) in [6.45, 7) is 0. The maximum atomic E-state index is 12.0. The minimum atomic E-state index is 0.0703. The van der Waals surface area contributed by atoms with E-state index in [9.17, 15) is 4.79 Å². The predicted molar refractivity (Wildman–Crippen MR) is 86.1 cm³/mol. The standard InChI is InChI=1S/C14H15N3OS2/c15-10-4-1-3-9(7-10)11-8-20-14(16-11)17-13(18)12-5-2-6-19-12/h1,3-4,7-8,12H,2,5-6,15H2,(H,16,17,18). The third kappa shape index (κ3) is 2.96. The molecule has 6 heteroatoms. The van der Waals surface area contributed by atoms with E-state index in [4.69, 9.17) is 5.73 Å². The second-order valence-electron chi connectivity index (χ2n) is 4.65. The Bertz CT molecular complexity index is 620. The Morgan fingerprint density at radius 3 is 3.10 bits per heavy atom. The van der Waals surface area contributed by atoms with Crippen molar-refractivity contribution >= 4 is 39.8 Å². The lowest BCUT2D eigenvalue weighted by molar-refractivity contribution is -0.115. The van der Waals surface area contributed by atoms with Gasteiger partial charge in [0.2, 0.25) is 5.91 Å². The second kappa shape index (κ2) is 5.85. The minimum Gasteiger partial charge on any atom is -0.399 e. The van der Waals surface area contributed by atoms with Gasteiger partial charge in [-0.25, -0.2) is 4.98 Å². The average molecular weight is 305 g/mol. The van der Waals surface area contributed by atoms with Crippen LogP contribution in [0.5, 0.6) is 0 Å². The van der Waals surface area contributed by atoms with Crippen LogP contribution in [-0.2, 0) is 4.79 Å². The number of thiazole rings is 1. The highest BCUT2D eigenvalue weighted by Crippen LogP contribution is 2.29. The predicted octanol–water partition coefficient (Wildman–Crippen LogP) is 3.23. The third-order valence-corrected chi connectivity index (χ3v) is 5.27. The minimum absolute atomic E-state index is 0.0703. The Kier molecular flexibility index (Phi) is 3.93. The maximum absolute atomic E-state index is 12.0. The molecule has 0 saturated carbocycles. The highest BCUT2D eigenvalue weighted by atomic mass is 32.2. The number of nitrogen functional groups attached to an aromatic ring is 1. The van der Waals surface area contributed by atoms with Crippen LogP contribution in [0, 0.1) is 0 Å². The normalized spacial score (nSPS) is 18.1. The monoisotopic (exact) mass is 305 g/mol. The lowest BCUT2D eigenvalue weighted by Crippen LogP contribution is -2.22. The van der Waals surface area contributed by atoms with Crippen molar-refractivity contribution in [2.45, 2.75) is 18.1 Å². The number of carbonyl (C=O) groups is 1. The van der Waals surface area contributed by atoms with Gasteiger partial charge in [0.25, 0.3) is 0 Å². The zero-order valence-corrected chi connectivity index (χ0v) is 12.5. The third-order valence-electron chi connectivity index (χ3n) is 3.14. The first-order valence-corrected chi connectivity index (χ1v) is 8.39. The van der Waals surface area contributed by atoms with Crippen LogP contribution in [0.25, 0.3) is 11.3 Å². The lowest BCUT2D eigenvalue weighted by Gasteiger charge is -2.06.